The summed E-state index contributed by atoms with van der Waals surface area (Å²) in [5.74, 6) is -0.622. The first kappa shape index (κ1) is 17.3. The van der Waals surface area contributed by atoms with Gasteiger partial charge in [-0.1, -0.05) is 0 Å². The number of hydrogen-bond donors (Lipinski definition) is 2. The zero-order valence-corrected chi connectivity index (χ0v) is 12.6. The van der Waals surface area contributed by atoms with Gasteiger partial charge in [0.2, 0.25) is 0 Å². The average Bonchev–Trinajstić information content (AvgIpc) is 2.37. The fourth-order valence-electron chi connectivity index (χ4n) is 1.87. The Labute approximate surface area is 123 Å². The van der Waals surface area contributed by atoms with Gasteiger partial charge in [0.1, 0.15) is 4.90 Å². The van der Waals surface area contributed by atoms with E-state index in [1.807, 2.05) is 0 Å². The molecule has 0 radical (unpaired) electrons. The van der Waals surface area contributed by atoms with Crippen molar-refractivity contribution in [2.24, 2.45) is 0 Å². The first-order valence-electron chi connectivity index (χ1n) is 6.42. The second kappa shape index (κ2) is 7.28. The van der Waals surface area contributed by atoms with Crippen LogP contribution in [0.2, 0.25) is 0 Å². The quantitative estimate of drug-likeness (QED) is 0.702. The van der Waals surface area contributed by atoms with Gasteiger partial charge >= 0.3 is 5.97 Å². The molecule has 21 heavy (non-hydrogen) atoms. The van der Waals surface area contributed by atoms with Gasteiger partial charge in [0.25, 0.3) is 10.1 Å². The molecule has 0 amide bonds. The summed E-state index contributed by atoms with van der Waals surface area (Å²) in [4.78, 5) is 10.4. The first-order chi connectivity index (χ1) is 9.81. The Bertz CT molecular complexity index is 607. The average molecular weight is 318 g/mol. The summed E-state index contributed by atoms with van der Waals surface area (Å²) in [5.41, 5.74) is 0.104. The molecule has 1 aromatic rings. The Balaban J connectivity index is 3.45. The normalized spacial score (nSPS) is 11.2. The maximum Gasteiger partial charge on any atom is 0.303 e. The van der Waals surface area contributed by atoms with Crippen LogP contribution >= 0.6 is 0 Å². The molecule has 0 saturated heterocycles. The first-order valence-corrected chi connectivity index (χ1v) is 7.86. The zero-order valence-electron chi connectivity index (χ0n) is 11.8. The third kappa shape index (κ3) is 4.61. The van der Waals surface area contributed by atoms with Crippen molar-refractivity contribution in [1.82, 2.24) is 0 Å². The van der Waals surface area contributed by atoms with E-state index in [1.165, 1.54) is 12.1 Å². The third-order valence-electron chi connectivity index (χ3n) is 2.64. The summed E-state index contributed by atoms with van der Waals surface area (Å²) in [5, 5.41) is 8.78. The minimum absolute atomic E-state index is 0.0965. The van der Waals surface area contributed by atoms with Crippen molar-refractivity contribution in [3.63, 3.8) is 0 Å². The molecule has 0 spiro atoms. The van der Waals surface area contributed by atoms with Crippen LogP contribution in [0.4, 0.5) is 0 Å². The lowest BCUT2D eigenvalue weighted by Crippen LogP contribution is -2.10. The summed E-state index contributed by atoms with van der Waals surface area (Å²) in [7, 11) is -4.48. The van der Waals surface area contributed by atoms with Crippen LogP contribution in [0.25, 0.3) is 0 Å². The van der Waals surface area contributed by atoms with Crippen molar-refractivity contribution < 1.29 is 32.3 Å². The van der Waals surface area contributed by atoms with E-state index in [2.05, 4.69) is 0 Å². The van der Waals surface area contributed by atoms with Crippen LogP contribution in [0, 0.1) is 0 Å². The second-order valence-corrected chi connectivity index (χ2v) is 5.49. The smallest absolute Gasteiger partial charge is 0.303 e. The fourth-order valence-corrected chi connectivity index (χ4v) is 2.62. The van der Waals surface area contributed by atoms with Crippen molar-refractivity contribution in [1.29, 1.82) is 0 Å². The van der Waals surface area contributed by atoms with Crippen molar-refractivity contribution >= 4 is 16.1 Å². The highest BCUT2D eigenvalue weighted by atomic mass is 32.2. The fraction of sp³-hybridized carbons (Fsp3) is 0.462. The van der Waals surface area contributed by atoms with Gasteiger partial charge in [-0.05, 0) is 32.4 Å². The predicted octanol–water partition coefficient (Wildman–Crippen LogP) is 1.75. The van der Waals surface area contributed by atoms with Gasteiger partial charge in [-0.25, -0.2) is 0 Å². The summed E-state index contributed by atoms with van der Waals surface area (Å²) in [6.45, 7) is 4.04. The molecule has 0 aromatic heterocycles. The van der Waals surface area contributed by atoms with Crippen LogP contribution in [0.1, 0.15) is 25.8 Å². The number of rotatable bonds is 8. The van der Waals surface area contributed by atoms with E-state index in [-0.39, 0.29) is 35.7 Å². The molecule has 118 valence electrons. The van der Waals surface area contributed by atoms with Gasteiger partial charge in [0, 0.05) is 12.0 Å². The van der Waals surface area contributed by atoms with E-state index in [9.17, 15) is 17.8 Å². The molecule has 0 atom stereocenters. The lowest BCUT2D eigenvalue weighted by Gasteiger charge is -2.17. The Morgan fingerprint density at radius 3 is 2.29 bits per heavy atom. The molecule has 0 bridgehead atoms. The van der Waals surface area contributed by atoms with E-state index in [0.29, 0.717) is 12.4 Å². The highest BCUT2D eigenvalue weighted by Gasteiger charge is 2.23. The second-order valence-electron chi connectivity index (χ2n) is 4.10. The van der Waals surface area contributed by atoms with Crippen LogP contribution in [0.15, 0.2) is 17.0 Å². The molecule has 8 heteroatoms. The molecule has 0 heterocycles. The van der Waals surface area contributed by atoms with Gasteiger partial charge in [-0.2, -0.15) is 8.42 Å². The Kier molecular flexibility index (Phi) is 5.98. The summed E-state index contributed by atoms with van der Waals surface area (Å²) in [6, 6.07) is 2.56. The standard InChI is InChI=1S/C13H18O7S/c1-3-19-10-6-7-11(21(16,17)18)9(5-8-12(14)15)13(10)20-4-2/h6-7H,3-5,8H2,1-2H3,(H,14,15)(H,16,17,18). The highest BCUT2D eigenvalue weighted by molar-refractivity contribution is 7.85. The van der Waals surface area contributed by atoms with Crippen LogP contribution in [0.3, 0.4) is 0 Å². The van der Waals surface area contributed by atoms with E-state index >= 15 is 0 Å². The number of hydrogen-bond acceptors (Lipinski definition) is 5. The van der Waals surface area contributed by atoms with Gasteiger partial charge in [-0.15, -0.1) is 0 Å². The molecule has 0 aliphatic rings. The molecule has 0 saturated carbocycles. The molecular formula is C13H18O7S. The Morgan fingerprint density at radius 1 is 1.19 bits per heavy atom. The molecule has 7 nitrogen and oxygen atoms in total. The van der Waals surface area contributed by atoms with Crippen molar-refractivity contribution in [3.8, 4) is 11.5 Å². The van der Waals surface area contributed by atoms with Gasteiger partial charge in [0.15, 0.2) is 11.5 Å². The third-order valence-corrected chi connectivity index (χ3v) is 3.57. The summed E-state index contributed by atoms with van der Waals surface area (Å²) >= 11 is 0. The van der Waals surface area contributed by atoms with Crippen LogP contribution < -0.4 is 9.47 Å². The van der Waals surface area contributed by atoms with E-state index in [1.54, 1.807) is 13.8 Å². The van der Waals surface area contributed by atoms with Gasteiger partial charge < -0.3 is 14.6 Å². The molecule has 0 aliphatic carbocycles. The van der Waals surface area contributed by atoms with E-state index < -0.39 is 16.1 Å². The topological polar surface area (TPSA) is 110 Å². The predicted molar refractivity (Wildman–Crippen MR) is 74.6 cm³/mol. The van der Waals surface area contributed by atoms with E-state index in [4.69, 9.17) is 14.6 Å². The molecular weight excluding hydrogens is 300 g/mol. The van der Waals surface area contributed by atoms with Crippen LogP contribution in [-0.2, 0) is 21.3 Å². The molecule has 1 aromatic carbocycles. The minimum Gasteiger partial charge on any atom is -0.490 e. The highest BCUT2D eigenvalue weighted by Crippen LogP contribution is 2.36. The summed E-state index contributed by atoms with van der Waals surface area (Å²) in [6.07, 6.45) is -0.390. The van der Waals surface area contributed by atoms with Crippen LogP contribution in [0.5, 0.6) is 11.5 Å². The number of carboxylic acid groups (broad SMARTS) is 1. The minimum atomic E-state index is -4.48. The summed E-state index contributed by atoms with van der Waals surface area (Å²) < 4.78 is 42.9. The van der Waals surface area contributed by atoms with E-state index in [0.717, 1.165) is 0 Å². The molecule has 0 unspecified atom stereocenters. The lowest BCUT2D eigenvalue weighted by molar-refractivity contribution is -0.136. The van der Waals surface area contributed by atoms with Gasteiger partial charge in [0.05, 0.1) is 13.2 Å². The SMILES string of the molecule is CCOc1ccc(S(=O)(=O)O)c(CCC(=O)O)c1OCC. The number of benzene rings is 1. The Hall–Kier alpha value is -1.80. The molecule has 2 N–H and O–H groups in total. The van der Waals surface area contributed by atoms with Crippen molar-refractivity contribution in [2.75, 3.05) is 13.2 Å². The molecule has 0 aliphatic heterocycles. The number of aliphatic carboxylic acids is 1. The lowest BCUT2D eigenvalue weighted by atomic mass is 10.1. The Morgan fingerprint density at radius 2 is 1.81 bits per heavy atom. The molecule has 0 fully saturated rings. The number of carbonyl (C=O) groups is 1. The number of ether oxygens (including phenoxy) is 2. The van der Waals surface area contributed by atoms with Crippen LogP contribution in [-0.4, -0.2) is 37.3 Å². The molecule has 1 rings (SSSR count). The van der Waals surface area contributed by atoms with Crippen molar-refractivity contribution in [3.05, 3.63) is 17.7 Å². The number of carboxylic acids is 1. The van der Waals surface area contributed by atoms with Crippen molar-refractivity contribution in [2.45, 2.75) is 31.6 Å². The maximum atomic E-state index is 11.4. The zero-order chi connectivity index (χ0) is 16.0. The largest absolute Gasteiger partial charge is 0.490 e. The monoisotopic (exact) mass is 318 g/mol. The maximum absolute atomic E-state index is 11.4. The van der Waals surface area contributed by atoms with Gasteiger partial charge in [-0.3, -0.25) is 9.35 Å².